The summed E-state index contributed by atoms with van der Waals surface area (Å²) in [6.45, 7) is 4.59. The van der Waals surface area contributed by atoms with Crippen molar-refractivity contribution >= 4 is 34.7 Å². The van der Waals surface area contributed by atoms with Gasteiger partial charge in [0.15, 0.2) is 5.69 Å². The maximum Gasteiger partial charge on any atom is 0.276 e. The van der Waals surface area contributed by atoms with E-state index in [1.54, 1.807) is 18.9 Å². The lowest BCUT2D eigenvalue weighted by molar-refractivity contribution is -0.133. The van der Waals surface area contributed by atoms with E-state index in [1.165, 1.54) is 0 Å². The van der Waals surface area contributed by atoms with E-state index in [4.69, 9.17) is 14.2 Å². The molecule has 1 saturated carbocycles. The lowest BCUT2D eigenvalue weighted by Gasteiger charge is -2.29. The number of likely N-dealkylation sites (tertiary alicyclic amines) is 2. The molecule has 1 aromatic heterocycles. The number of amides is 2. The highest BCUT2D eigenvalue weighted by atomic mass is 16.5. The number of methoxy groups -OCH3 is 2. The molecule has 3 aromatic rings. The maximum atomic E-state index is 13.9. The van der Waals surface area contributed by atoms with E-state index >= 15 is 0 Å². The summed E-state index contributed by atoms with van der Waals surface area (Å²) in [6, 6.07) is 13.6. The summed E-state index contributed by atoms with van der Waals surface area (Å²) < 4.78 is 19.5. The van der Waals surface area contributed by atoms with Gasteiger partial charge in [-0.15, -0.1) is 0 Å². The number of carbonyl (C=O) groups excluding carboxylic acids is 3. The average molecular weight is 646 g/mol. The molecule has 1 N–H and O–H groups in total. The maximum absolute atomic E-state index is 13.9. The molecule has 47 heavy (non-hydrogen) atoms. The molecule has 3 aliphatic rings. The molecule has 2 saturated heterocycles. The van der Waals surface area contributed by atoms with Gasteiger partial charge in [0.1, 0.15) is 6.29 Å². The SMILES string of the molecule is CO[C@H]1CN([C@H]2C[C@@H](COC3CCC(C=O)CC3)N(C(=O)Cc3ccc(NC(=O)c4nn(C)c5ccccc45)c(C)c3)C2)C[C@H]1OC. The number of aromatic nitrogens is 2. The zero-order valence-corrected chi connectivity index (χ0v) is 27.9. The third-order valence-corrected chi connectivity index (χ3v) is 10.4. The summed E-state index contributed by atoms with van der Waals surface area (Å²) in [7, 11) is 5.27. The van der Waals surface area contributed by atoms with Gasteiger partial charge < -0.3 is 29.2 Å². The summed E-state index contributed by atoms with van der Waals surface area (Å²) in [5.74, 6) is -0.0696. The second kappa shape index (κ2) is 14.6. The van der Waals surface area contributed by atoms with Crippen LogP contribution in [0.25, 0.3) is 10.9 Å². The number of anilines is 1. The second-order valence-corrected chi connectivity index (χ2v) is 13.4. The van der Waals surface area contributed by atoms with Gasteiger partial charge in [0.25, 0.3) is 5.91 Å². The van der Waals surface area contributed by atoms with E-state index in [0.717, 1.165) is 73.5 Å². The van der Waals surface area contributed by atoms with Crippen molar-refractivity contribution in [2.45, 2.75) is 75.8 Å². The number of rotatable bonds is 11. The highest BCUT2D eigenvalue weighted by molar-refractivity contribution is 6.11. The summed E-state index contributed by atoms with van der Waals surface area (Å²) in [5.41, 5.74) is 3.73. The number of hydrogen-bond acceptors (Lipinski definition) is 8. The Morgan fingerprint density at radius 3 is 2.40 bits per heavy atom. The van der Waals surface area contributed by atoms with Crippen molar-refractivity contribution in [3.05, 3.63) is 59.3 Å². The Balaban J connectivity index is 1.12. The highest BCUT2D eigenvalue weighted by Crippen LogP contribution is 2.31. The van der Waals surface area contributed by atoms with Crippen LogP contribution in [-0.4, -0.2) is 109 Å². The Kier molecular flexibility index (Phi) is 10.4. The molecule has 0 unspecified atom stereocenters. The smallest absolute Gasteiger partial charge is 0.276 e. The van der Waals surface area contributed by atoms with Crippen LogP contribution < -0.4 is 5.32 Å². The van der Waals surface area contributed by atoms with Crippen molar-refractivity contribution in [1.29, 1.82) is 0 Å². The molecule has 0 spiro atoms. The number of ether oxygens (including phenoxy) is 3. The summed E-state index contributed by atoms with van der Waals surface area (Å²) in [4.78, 5) is 42.7. The first-order valence-corrected chi connectivity index (χ1v) is 16.8. The molecular weight excluding hydrogens is 598 g/mol. The molecule has 11 heteroatoms. The van der Waals surface area contributed by atoms with Gasteiger partial charge in [-0.05, 0) is 62.3 Å². The predicted octanol–water partition coefficient (Wildman–Crippen LogP) is 3.77. The van der Waals surface area contributed by atoms with Crippen LogP contribution in [0.3, 0.4) is 0 Å². The molecule has 2 aliphatic heterocycles. The van der Waals surface area contributed by atoms with E-state index < -0.39 is 0 Å². The van der Waals surface area contributed by atoms with E-state index in [9.17, 15) is 14.4 Å². The molecule has 3 fully saturated rings. The zero-order valence-electron chi connectivity index (χ0n) is 27.9. The molecule has 11 nitrogen and oxygen atoms in total. The molecular formula is C36H47N5O6. The third-order valence-electron chi connectivity index (χ3n) is 10.4. The van der Waals surface area contributed by atoms with Gasteiger partial charge >= 0.3 is 0 Å². The number of aldehydes is 1. The molecule has 0 bridgehead atoms. The zero-order chi connectivity index (χ0) is 33.1. The fourth-order valence-corrected chi connectivity index (χ4v) is 7.60. The largest absolute Gasteiger partial charge is 0.377 e. The second-order valence-electron chi connectivity index (χ2n) is 13.4. The first kappa shape index (κ1) is 33.3. The number of fused-ring (bicyclic) bond motifs is 1. The van der Waals surface area contributed by atoms with E-state index in [1.807, 2.05) is 61.3 Å². The van der Waals surface area contributed by atoms with Crippen LogP contribution in [0, 0.1) is 12.8 Å². The normalized spacial score (nSPS) is 26.6. The summed E-state index contributed by atoms with van der Waals surface area (Å²) in [5, 5.41) is 8.25. The van der Waals surface area contributed by atoms with Gasteiger partial charge in [0.2, 0.25) is 5.91 Å². The van der Waals surface area contributed by atoms with Crippen molar-refractivity contribution in [2.75, 3.05) is 45.8 Å². The average Bonchev–Trinajstić information content (AvgIpc) is 3.80. The van der Waals surface area contributed by atoms with Crippen molar-refractivity contribution in [3.8, 4) is 0 Å². The molecule has 1 aliphatic carbocycles. The number of para-hydroxylation sites is 1. The minimum absolute atomic E-state index is 0.00540. The Labute approximate surface area is 276 Å². The van der Waals surface area contributed by atoms with Gasteiger partial charge in [-0.1, -0.05) is 30.3 Å². The number of benzene rings is 2. The highest BCUT2D eigenvalue weighted by Gasteiger charge is 2.43. The lowest BCUT2D eigenvalue weighted by Crippen LogP contribution is -2.41. The Bertz CT molecular complexity index is 1570. The Morgan fingerprint density at radius 2 is 1.72 bits per heavy atom. The van der Waals surface area contributed by atoms with Gasteiger partial charge in [0.05, 0.1) is 42.9 Å². The summed E-state index contributed by atoms with van der Waals surface area (Å²) in [6.07, 6.45) is 5.78. The quantitative estimate of drug-likeness (QED) is 0.314. The molecule has 6 rings (SSSR count). The van der Waals surface area contributed by atoms with E-state index in [2.05, 4.69) is 15.3 Å². The predicted molar refractivity (Wildman–Crippen MR) is 178 cm³/mol. The van der Waals surface area contributed by atoms with Crippen molar-refractivity contribution in [2.24, 2.45) is 13.0 Å². The molecule has 4 atom stereocenters. The summed E-state index contributed by atoms with van der Waals surface area (Å²) >= 11 is 0. The van der Waals surface area contributed by atoms with Crippen molar-refractivity contribution in [1.82, 2.24) is 19.6 Å². The Hall–Kier alpha value is -3.64. The monoisotopic (exact) mass is 645 g/mol. The fraction of sp³-hybridized carbons (Fsp3) is 0.556. The minimum atomic E-state index is -0.271. The molecule has 0 radical (unpaired) electrons. The van der Waals surface area contributed by atoms with Crippen LogP contribution in [0.2, 0.25) is 0 Å². The van der Waals surface area contributed by atoms with E-state index in [-0.39, 0.29) is 54.5 Å². The fourth-order valence-electron chi connectivity index (χ4n) is 7.60. The molecule has 2 aromatic carbocycles. The standard InChI is InChI=1S/C36H47N5O6/c1-23-15-25(11-14-30(23)37-36(44)35-29-7-5-6-8-31(29)39(2)38-35)16-34(43)41-18-26(40-19-32(45-3)33(20-40)46-4)17-27(41)22-47-28-12-9-24(21-42)10-13-28/h5-8,11,14-15,21,24,26-28,32-33H,9-10,12-13,16-20,22H2,1-4H3,(H,37,44)/t24?,26-,27-,28?,32-,33+/m0/s1. The molecule has 252 valence electrons. The number of carbonyl (C=O) groups is 3. The number of nitrogens with one attached hydrogen (secondary N) is 1. The van der Waals surface area contributed by atoms with Crippen molar-refractivity contribution < 1.29 is 28.6 Å². The van der Waals surface area contributed by atoms with Crippen LogP contribution in [0.5, 0.6) is 0 Å². The van der Waals surface area contributed by atoms with E-state index in [0.29, 0.717) is 24.5 Å². The number of nitrogens with zero attached hydrogens (tertiary/aromatic N) is 4. The van der Waals surface area contributed by atoms with Crippen LogP contribution in [0.1, 0.15) is 53.7 Å². The van der Waals surface area contributed by atoms with Crippen LogP contribution >= 0.6 is 0 Å². The van der Waals surface area contributed by atoms with Crippen LogP contribution in [-0.2, 0) is 37.3 Å². The van der Waals surface area contributed by atoms with Crippen LogP contribution in [0.15, 0.2) is 42.5 Å². The van der Waals surface area contributed by atoms with Gasteiger partial charge in [-0.2, -0.15) is 5.10 Å². The topological polar surface area (TPSA) is 115 Å². The Morgan fingerprint density at radius 1 is 1.00 bits per heavy atom. The van der Waals surface area contributed by atoms with Crippen LogP contribution in [0.4, 0.5) is 5.69 Å². The van der Waals surface area contributed by atoms with Gasteiger partial charge in [0, 0.05) is 63.9 Å². The number of aryl methyl sites for hydroxylation is 2. The number of hydrogen-bond donors (Lipinski definition) is 1. The molecule has 3 heterocycles. The first-order valence-electron chi connectivity index (χ1n) is 16.8. The van der Waals surface area contributed by atoms with Gasteiger partial charge in [-0.3, -0.25) is 19.2 Å². The van der Waals surface area contributed by atoms with Crippen molar-refractivity contribution in [3.63, 3.8) is 0 Å². The minimum Gasteiger partial charge on any atom is -0.377 e. The molecule has 2 amide bonds. The van der Waals surface area contributed by atoms with Gasteiger partial charge in [-0.25, -0.2) is 0 Å². The first-order chi connectivity index (χ1) is 22.8. The lowest BCUT2D eigenvalue weighted by atomic mass is 9.88. The third kappa shape index (κ3) is 7.28.